The quantitative estimate of drug-likeness (QED) is 0.638. The van der Waals surface area contributed by atoms with E-state index in [4.69, 9.17) is 16.3 Å². The highest BCUT2D eigenvalue weighted by atomic mass is 79.9. The molecule has 0 saturated carbocycles. The van der Waals surface area contributed by atoms with Crippen molar-refractivity contribution in [3.63, 3.8) is 0 Å². The number of rotatable bonds is 3. The molecule has 1 heterocycles. The number of carbonyl (C=O) groups excluding carboxylic acids is 1. The summed E-state index contributed by atoms with van der Waals surface area (Å²) in [5.41, 5.74) is 2.28. The number of nitrogens with zero attached hydrogens (tertiary/aromatic N) is 1. The van der Waals surface area contributed by atoms with Crippen LogP contribution >= 0.6 is 38.9 Å². The van der Waals surface area contributed by atoms with Crippen LogP contribution in [0.4, 0.5) is 5.13 Å². The number of aromatic nitrogens is 1. The van der Waals surface area contributed by atoms with Gasteiger partial charge in [0, 0.05) is 10.6 Å². The molecule has 4 nitrogen and oxygen atoms in total. The standard InChI is InChI=1S/C16H12BrClN2O2S/c1-8-5-14-12(7-11(8)18)19-16(23-14)20-15(21)9-3-4-13(22-2)10(17)6-9/h3-7H,1-2H3,(H,19,20,21). The molecule has 7 heteroatoms. The van der Waals surface area contributed by atoms with Gasteiger partial charge in [-0.2, -0.15) is 0 Å². The first-order chi connectivity index (χ1) is 11.0. The maximum Gasteiger partial charge on any atom is 0.257 e. The van der Waals surface area contributed by atoms with Gasteiger partial charge in [-0.05, 0) is 58.7 Å². The highest BCUT2D eigenvalue weighted by Crippen LogP contribution is 2.31. The summed E-state index contributed by atoms with van der Waals surface area (Å²) in [7, 11) is 1.58. The predicted molar refractivity (Wildman–Crippen MR) is 98.0 cm³/mol. The molecule has 0 radical (unpaired) electrons. The van der Waals surface area contributed by atoms with Gasteiger partial charge in [-0.25, -0.2) is 4.98 Å². The van der Waals surface area contributed by atoms with Crippen LogP contribution in [-0.2, 0) is 0 Å². The highest BCUT2D eigenvalue weighted by molar-refractivity contribution is 9.10. The number of amides is 1. The number of halogens is 2. The lowest BCUT2D eigenvalue weighted by molar-refractivity contribution is 0.102. The summed E-state index contributed by atoms with van der Waals surface area (Å²) in [6.07, 6.45) is 0. The lowest BCUT2D eigenvalue weighted by atomic mass is 10.2. The predicted octanol–water partition coefficient (Wildman–Crippen LogP) is 5.28. The van der Waals surface area contributed by atoms with Crippen molar-refractivity contribution in [2.75, 3.05) is 12.4 Å². The molecular weight excluding hydrogens is 400 g/mol. The first kappa shape index (κ1) is 16.2. The van der Waals surface area contributed by atoms with Crippen LogP contribution in [0.15, 0.2) is 34.8 Å². The van der Waals surface area contributed by atoms with E-state index in [-0.39, 0.29) is 5.91 Å². The minimum Gasteiger partial charge on any atom is -0.496 e. The molecule has 118 valence electrons. The van der Waals surface area contributed by atoms with E-state index in [2.05, 4.69) is 26.2 Å². The largest absolute Gasteiger partial charge is 0.496 e. The van der Waals surface area contributed by atoms with Crippen molar-refractivity contribution in [3.8, 4) is 5.75 Å². The Balaban J connectivity index is 1.86. The number of ether oxygens (including phenoxy) is 1. The Bertz CT molecular complexity index is 871. The summed E-state index contributed by atoms with van der Waals surface area (Å²) < 4.78 is 6.86. The number of methoxy groups -OCH3 is 1. The van der Waals surface area contributed by atoms with Gasteiger partial charge >= 0.3 is 0 Å². The van der Waals surface area contributed by atoms with E-state index >= 15 is 0 Å². The van der Waals surface area contributed by atoms with Gasteiger partial charge in [0.25, 0.3) is 5.91 Å². The minimum atomic E-state index is -0.227. The number of aryl methyl sites for hydroxylation is 1. The van der Waals surface area contributed by atoms with Crippen LogP contribution in [0.5, 0.6) is 5.75 Å². The zero-order valence-electron chi connectivity index (χ0n) is 12.3. The molecule has 1 aromatic heterocycles. The summed E-state index contributed by atoms with van der Waals surface area (Å²) >= 11 is 10.9. The molecular formula is C16H12BrClN2O2S. The lowest BCUT2D eigenvalue weighted by Gasteiger charge is -2.05. The molecule has 1 N–H and O–H groups in total. The van der Waals surface area contributed by atoms with E-state index in [9.17, 15) is 4.79 Å². The normalized spacial score (nSPS) is 10.8. The molecule has 0 bridgehead atoms. The zero-order valence-corrected chi connectivity index (χ0v) is 15.5. The van der Waals surface area contributed by atoms with Crippen LogP contribution < -0.4 is 10.1 Å². The third-order valence-corrected chi connectivity index (χ3v) is 5.26. The van der Waals surface area contributed by atoms with Crippen molar-refractivity contribution in [2.24, 2.45) is 0 Å². The molecule has 0 aliphatic rings. The van der Waals surface area contributed by atoms with Gasteiger partial charge in [0.2, 0.25) is 0 Å². The Kier molecular flexibility index (Phi) is 4.57. The van der Waals surface area contributed by atoms with Crippen LogP contribution in [0.3, 0.4) is 0 Å². The van der Waals surface area contributed by atoms with Crippen molar-refractivity contribution < 1.29 is 9.53 Å². The average Bonchev–Trinajstić information content (AvgIpc) is 2.88. The SMILES string of the molecule is COc1ccc(C(=O)Nc2nc3cc(Cl)c(C)cc3s2)cc1Br. The highest BCUT2D eigenvalue weighted by Gasteiger charge is 2.12. The number of thiazole rings is 1. The van der Waals surface area contributed by atoms with Crippen molar-refractivity contribution in [3.05, 3.63) is 51.0 Å². The monoisotopic (exact) mass is 410 g/mol. The third-order valence-electron chi connectivity index (χ3n) is 3.30. The van der Waals surface area contributed by atoms with E-state index in [0.717, 1.165) is 20.3 Å². The first-order valence-corrected chi connectivity index (χ1v) is 8.68. The fraction of sp³-hybridized carbons (Fsp3) is 0.125. The zero-order chi connectivity index (χ0) is 16.6. The van der Waals surface area contributed by atoms with E-state index in [1.54, 1.807) is 25.3 Å². The second-order valence-electron chi connectivity index (χ2n) is 4.89. The van der Waals surface area contributed by atoms with Crippen molar-refractivity contribution in [2.45, 2.75) is 6.92 Å². The molecule has 0 aliphatic heterocycles. The molecule has 3 rings (SSSR count). The maximum absolute atomic E-state index is 12.3. The second kappa shape index (κ2) is 6.47. The molecule has 23 heavy (non-hydrogen) atoms. The molecule has 1 amide bonds. The smallest absolute Gasteiger partial charge is 0.257 e. The van der Waals surface area contributed by atoms with Gasteiger partial charge in [-0.3, -0.25) is 10.1 Å². The fourth-order valence-electron chi connectivity index (χ4n) is 2.08. The average molecular weight is 412 g/mol. The van der Waals surface area contributed by atoms with Crippen LogP contribution in [0.25, 0.3) is 10.2 Å². The maximum atomic E-state index is 12.3. The second-order valence-corrected chi connectivity index (χ2v) is 7.18. The van der Waals surface area contributed by atoms with E-state index in [1.807, 2.05) is 19.1 Å². The first-order valence-electron chi connectivity index (χ1n) is 6.69. The van der Waals surface area contributed by atoms with Crippen LogP contribution in [-0.4, -0.2) is 18.0 Å². The summed E-state index contributed by atoms with van der Waals surface area (Å²) in [6.45, 7) is 1.94. The van der Waals surface area contributed by atoms with Crippen molar-refractivity contribution in [1.29, 1.82) is 0 Å². The third kappa shape index (κ3) is 3.34. The molecule has 0 atom stereocenters. The van der Waals surface area contributed by atoms with Gasteiger partial charge in [-0.15, -0.1) is 0 Å². The Morgan fingerprint density at radius 2 is 2.13 bits per heavy atom. The number of nitrogens with one attached hydrogen (secondary N) is 1. The molecule has 0 unspecified atom stereocenters. The van der Waals surface area contributed by atoms with Crippen LogP contribution in [0.2, 0.25) is 5.02 Å². The number of carbonyl (C=O) groups is 1. The summed E-state index contributed by atoms with van der Waals surface area (Å²) in [6, 6.07) is 8.92. The summed E-state index contributed by atoms with van der Waals surface area (Å²) in [5, 5.41) is 4.02. The van der Waals surface area contributed by atoms with Gasteiger partial charge in [0.15, 0.2) is 5.13 Å². The fourth-order valence-corrected chi connectivity index (χ4v) is 3.72. The van der Waals surface area contributed by atoms with Crippen LogP contribution in [0.1, 0.15) is 15.9 Å². The topological polar surface area (TPSA) is 51.2 Å². The lowest BCUT2D eigenvalue weighted by Crippen LogP contribution is -2.11. The molecule has 0 saturated heterocycles. The van der Waals surface area contributed by atoms with Crippen molar-refractivity contribution in [1.82, 2.24) is 4.98 Å². The Hall–Kier alpha value is -1.63. The number of anilines is 1. The van der Waals surface area contributed by atoms with Crippen LogP contribution in [0, 0.1) is 6.92 Å². The molecule has 0 fully saturated rings. The van der Waals surface area contributed by atoms with E-state index in [0.29, 0.717) is 21.5 Å². The summed E-state index contributed by atoms with van der Waals surface area (Å²) in [4.78, 5) is 16.7. The number of hydrogen-bond donors (Lipinski definition) is 1. The van der Waals surface area contributed by atoms with Gasteiger partial charge in [-0.1, -0.05) is 22.9 Å². The number of fused-ring (bicyclic) bond motifs is 1. The molecule has 0 aliphatic carbocycles. The Labute approximate surface area is 150 Å². The minimum absolute atomic E-state index is 0.227. The van der Waals surface area contributed by atoms with Gasteiger partial charge in [0.05, 0.1) is 21.8 Å². The number of hydrogen-bond acceptors (Lipinski definition) is 4. The van der Waals surface area contributed by atoms with Gasteiger partial charge in [0.1, 0.15) is 5.75 Å². The van der Waals surface area contributed by atoms with Gasteiger partial charge < -0.3 is 4.74 Å². The number of benzene rings is 2. The van der Waals surface area contributed by atoms with E-state index < -0.39 is 0 Å². The summed E-state index contributed by atoms with van der Waals surface area (Å²) in [5.74, 6) is 0.446. The molecule has 0 spiro atoms. The molecule has 2 aromatic carbocycles. The Morgan fingerprint density at radius 3 is 2.83 bits per heavy atom. The van der Waals surface area contributed by atoms with Crippen molar-refractivity contribution >= 4 is 60.1 Å². The molecule has 3 aromatic rings. The van der Waals surface area contributed by atoms with E-state index in [1.165, 1.54) is 11.3 Å². The Morgan fingerprint density at radius 1 is 1.35 bits per heavy atom.